The molecule has 2 aliphatic heterocycles. The van der Waals surface area contributed by atoms with Crippen LogP contribution in [0, 0.1) is 20.8 Å². The summed E-state index contributed by atoms with van der Waals surface area (Å²) < 4.78 is 0. The summed E-state index contributed by atoms with van der Waals surface area (Å²) in [5, 5.41) is 0. The summed E-state index contributed by atoms with van der Waals surface area (Å²) >= 11 is 0. The molecule has 6 rings (SSSR count). The number of likely N-dealkylation sites (tertiary alicyclic amines) is 1. The molecule has 0 radical (unpaired) electrons. The molecule has 9 heteroatoms. The number of H-pyrrole nitrogens is 1. The summed E-state index contributed by atoms with van der Waals surface area (Å²) in [6.45, 7) is 14.8. The van der Waals surface area contributed by atoms with Crippen LogP contribution in [0.25, 0.3) is 33.5 Å². The van der Waals surface area contributed by atoms with E-state index in [2.05, 4.69) is 63.7 Å². The van der Waals surface area contributed by atoms with Gasteiger partial charge in [0.15, 0.2) is 5.65 Å². The number of benzene rings is 2. The Labute approximate surface area is 274 Å². The second-order valence-corrected chi connectivity index (χ2v) is 13.7. The van der Waals surface area contributed by atoms with E-state index in [-0.39, 0.29) is 5.91 Å². The smallest absolute Gasteiger partial charge is 0.253 e. The second-order valence-electron chi connectivity index (χ2n) is 13.7. The van der Waals surface area contributed by atoms with Gasteiger partial charge in [-0.25, -0.2) is 9.97 Å². The maximum absolute atomic E-state index is 13.1. The van der Waals surface area contributed by atoms with Crippen LogP contribution in [0.15, 0.2) is 42.7 Å². The number of aromatic nitrogens is 3. The third-order valence-corrected chi connectivity index (χ3v) is 10.00. The number of anilines is 1. The monoisotopic (exact) mass is 622 g/mol. The zero-order chi connectivity index (χ0) is 32.5. The summed E-state index contributed by atoms with van der Waals surface area (Å²) in [4.78, 5) is 38.0. The van der Waals surface area contributed by atoms with E-state index in [4.69, 9.17) is 9.97 Å². The van der Waals surface area contributed by atoms with E-state index in [1.54, 1.807) is 4.90 Å². The summed E-state index contributed by atoms with van der Waals surface area (Å²) in [6, 6.07) is 11.3. The lowest BCUT2D eigenvalue weighted by molar-refractivity contribution is 0.0785. The fourth-order valence-corrected chi connectivity index (χ4v) is 7.25. The maximum atomic E-state index is 13.1. The van der Waals surface area contributed by atoms with Crippen LogP contribution in [-0.2, 0) is 0 Å². The number of hydrogen-bond donors (Lipinski definition) is 1. The molecule has 4 heterocycles. The number of amides is 1. The van der Waals surface area contributed by atoms with Crippen molar-refractivity contribution in [3.8, 4) is 22.4 Å². The Morgan fingerprint density at radius 2 is 1.57 bits per heavy atom. The molecule has 9 nitrogen and oxygen atoms in total. The fourth-order valence-electron chi connectivity index (χ4n) is 7.25. The Morgan fingerprint density at radius 3 is 2.22 bits per heavy atom. The van der Waals surface area contributed by atoms with Gasteiger partial charge in [0, 0.05) is 80.9 Å². The van der Waals surface area contributed by atoms with Crippen molar-refractivity contribution in [1.29, 1.82) is 0 Å². The van der Waals surface area contributed by atoms with Gasteiger partial charge in [0.1, 0.15) is 5.52 Å². The molecular formula is C37H50N8O. The Balaban J connectivity index is 1.20. The molecule has 0 unspecified atom stereocenters. The number of likely N-dealkylation sites (N-methyl/N-ethyl adjacent to an activating group) is 2. The average molecular weight is 623 g/mol. The summed E-state index contributed by atoms with van der Waals surface area (Å²) in [6.07, 6.45) is 6.42. The third-order valence-electron chi connectivity index (χ3n) is 10.00. The first-order valence-electron chi connectivity index (χ1n) is 16.7. The van der Waals surface area contributed by atoms with Gasteiger partial charge in [0.25, 0.3) is 5.91 Å². The fraction of sp³-hybridized carbons (Fsp3) is 0.486. The zero-order valence-corrected chi connectivity index (χ0v) is 28.7. The van der Waals surface area contributed by atoms with Gasteiger partial charge < -0.3 is 24.6 Å². The highest BCUT2D eigenvalue weighted by Crippen LogP contribution is 2.34. The van der Waals surface area contributed by atoms with Crippen molar-refractivity contribution in [3.63, 3.8) is 0 Å². The Morgan fingerprint density at radius 1 is 0.891 bits per heavy atom. The quantitative estimate of drug-likeness (QED) is 0.294. The van der Waals surface area contributed by atoms with E-state index in [9.17, 15) is 4.79 Å². The third kappa shape index (κ3) is 6.68. The molecule has 2 fully saturated rings. The van der Waals surface area contributed by atoms with E-state index in [1.165, 1.54) is 42.7 Å². The predicted molar refractivity (Wildman–Crippen MR) is 189 cm³/mol. The van der Waals surface area contributed by atoms with Crippen LogP contribution in [0.5, 0.6) is 0 Å². The standard InChI is InChI=1S/C37H50N8O/c1-25-20-28(8-9-31(25)37(46)43(7)15-14-41(4)5)32-23-38-36-34(32)40-33(24-39-36)29-21-26(2)35(27(3)22-29)45-18-16-44(17-19-45)30-10-12-42(6)13-11-30/h8-9,20-24,30H,10-19H2,1-7H3,(H,38,39). The van der Waals surface area contributed by atoms with Crippen molar-refractivity contribution >= 4 is 22.8 Å². The van der Waals surface area contributed by atoms with Crippen LogP contribution < -0.4 is 4.90 Å². The molecular weight excluding hydrogens is 572 g/mol. The first-order chi connectivity index (χ1) is 22.1. The SMILES string of the molecule is Cc1cc(-c2c[nH]c3ncc(-c4cc(C)c(N5CCN(C6CCN(C)CC6)CC5)c(C)c4)nc23)ccc1C(=O)N(C)CCN(C)C. The average Bonchev–Trinajstić information content (AvgIpc) is 3.47. The molecule has 1 amide bonds. The molecule has 0 saturated carbocycles. The van der Waals surface area contributed by atoms with Crippen molar-refractivity contribution in [3.05, 3.63) is 65.0 Å². The number of nitrogens with zero attached hydrogens (tertiary/aromatic N) is 7. The minimum Gasteiger partial charge on any atom is -0.369 e. The lowest BCUT2D eigenvalue weighted by Crippen LogP contribution is -2.53. The van der Waals surface area contributed by atoms with E-state index in [1.807, 2.05) is 52.6 Å². The van der Waals surface area contributed by atoms with Gasteiger partial charge in [-0.15, -0.1) is 0 Å². The molecule has 2 aromatic carbocycles. The predicted octanol–water partition coefficient (Wildman–Crippen LogP) is 5.07. The number of aryl methyl sites for hydroxylation is 3. The number of nitrogens with one attached hydrogen (secondary N) is 1. The van der Waals surface area contributed by atoms with Crippen molar-refractivity contribution in [2.75, 3.05) is 85.4 Å². The van der Waals surface area contributed by atoms with Crippen LogP contribution in [0.4, 0.5) is 5.69 Å². The van der Waals surface area contributed by atoms with E-state index < -0.39 is 0 Å². The van der Waals surface area contributed by atoms with E-state index >= 15 is 0 Å². The van der Waals surface area contributed by atoms with Gasteiger partial charge in [-0.05, 0) is 108 Å². The highest BCUT2D eigenvalue weighted by molar-refractivity contribution is 5.97. The maximum Gasteiger partial charge on any atom is 0.253 e. The van der Waals surface area contributed by atoms with Crippen LogP contribution in [0.1, 0.15) is 39.9 Å². The van der Waals surface area contributed by atoms with Gasteiger partial charge in [0.2, 0.25) is 0 Å². The number of hydrogen-bond acceptors (Lipinski definition) is 7. The van der Waals surface area contributed by atoms with Crippen molar-refractivity contribution in [2.45, 2.75) is 39.7 Å². The Bertz CT molecular complexity index is 1670. The van der Waals surface area contributed by atoms with Gasteiger partial charge >= 0.3 is 0 Å². The lowest BCUT2D eigenvalue weighted by atomic mass is 9.99. The summed E-state index contributed by atoms with van der Waals surface area (Å²) in [7, 11) is 8.14. The summed E-state index contributed by atoms with van der Waals surface area (Å²) in [5.74, 6) is 0.0419. The minimum absolute atomic E-state index is 0.0419. The molecule has 2 aromatic heterocycles. The Hall–Kier alpha value is -3.79. The molecule has 0 aliphatic carbocycles. The van der Waals surface area contributed by atoms with Gasteiger partial charge in [-0.2, -0.15) is 0 Å². The molecule has 0 atom stereocenters. The van der Waals surface area contributed by atoms with E-state index in [0.29, 0.717) is 6.54 Å². The second kappa shape index (κ2) is 13.5. The van der Waals surface area contributed by atoms with Crippen LogP contribution in [-0.4, -0.2) is 127 Å². The Kier molecular flexibility index (Phi) is 9.45. The number of carbonyl (C=O) groups is 1. The van der Waals surface area contributed by atoms with Crippen LogP contribution >= 0.6 is 0 Å². The molecule has 2 aliphatic rings. The summed E-state index contributed by atoms with van der Waals surface area (Å²) in [5.41, 5.74) is 11.2. The molecule has 4 aromatic rings. The number of piperidine rings is 1. The van der Waals surface area contributed by atoms with Crippen LogP contribution in [0.2, 0.25) is 0 Å². The first kappa shape index (κ1) is 32.2. The number of rotatable bonds is 8. The highest BCUT2D eigenvalue weighted by atomic mass is 16.2. The molecule has 2 saturated heterocycles. The molecule has 46 heavy (non-hydrogen) atoms. The highest BCUT2D eigenvalue weighted by Gasteiger charge is 2.27. The first-order valence-corrected chi connectivity index (χ1v) is 16.7. The van der Waals surface area contributed by atoms with Gasteiger partial charge in [0.05, 0.1) is 11.9 Å². The minimum atomic E-state index is 0.0419. The molecule has 1 N–H and O–H groups in total. The molecule has 0 bridgehead atoms. The molecule has 0 spiro atoms. The van der Waals surface area contributed by atoms with Crippen LogP contribution in [0.3, 0.4) is 0 Å². The number of carbonyl (C=O) groups excluding carboxylic acids is 1. The largest absolute Gasteiger partial charge is 0.369 e. The van der Waals surface area contributed by atoms with Crippen molar-refractivity contribution in [2.24, 2.45) is 0 Å². The zero-order valence-electron chi connectivity index (χ0n) is 28.7. The van der Waals surface area contributed by atoms with Crippen molar-refractivity contribution in [1.82, 2.24) is 34.6 Å². The van der Waals surface area contributed by atoms with Crippen molar-refractivity contribution < 1.29 is 4.79 Å². The van der Waals surface area contributed by atoms with E-state index in [0.717, 1.165) is 83.4 Å². The molecule has 244 valence electrons. The lowest BCUT2D eigenvalue weighted by Gasteiger charge is -2.43. The van der Waals surface area contributed by atoms with Gasteiger partial charge in [-0.1, -0.05) is 12.1 Å². The van der Waals surface area contributed by atoms with Gasteiger partial charge in [-0.3, -0.25) is 9.69 Å². The topological polar surface area (TPSA) is 74.8 Å². The number of piperazine rings is 1. The number of fused-ring (bicyclic) bond motifs is 1. The number of aromatic amines is 1. The normalized spacial score (nSPS) is 16.9.